The molecule has 0 aliphatic rings. The summed E-state index contributed by atoms with van der Waals surface area (Å²) in [6.45, 7) is 0. The molecule has 0 unspecified atom stereocenters. The fourth-order valence-corrected chi connectivity index (χ4v) is 2.33. The van der Waals surface area contributed by atoms with Crippen LogP contribution in [0.25, 0.3) is 0 Å². The van der Waals surface area contributed by atoms with Crippen molar-refractivity contribution in [2.75, 3.05) is 5.32 Å². The summed E-state index contributed by atoms with van der Waals surface area (Å²) in [5, 5.41) is 2.84. The molecule has 0 aliphatic heterocycles. The normalized spacial score (nSPS) is 9.95. The van der Waals surface area contributed by atoms with Crippen molar-refractivity contribution in [2.24, 2.45) is 5.73 Å². The maximum absolute atomic E-state index is 12.1. The van der Waals surface area contributed by atoms with Gasteiger partial charge >= 0.3 is 0 Å². The third-order valence-corrected chi connectivity index (χ3v) is 3.72. The molecule has 0 radical (unpaired) electrons. The zero-order chi connectivity index (χ0) is 13.8. The number of benzene rings is 2. The van der Waals surface area contributed by atoms with E-state index < -0.39 is 0 Å². The Hall–Kier alpha value is -1.47. The highest BCUT2D eigenvalue weighted by Gasteiger charge is 2.09. The number of carbonyl (C=O) groups excluding carboxylic acids is 1. The minimum absolute atomic E-state index is 0.131. The summed E-state index contributed by atoms with van der Waals surface area (Å²) in [6, 6.07) is 14.6. The maximum atomic E-state index is 12.1. The molecule has 2 aromatic rings. The van der Waals surface area contributed by atoms with Crippen LogP contribution in [0, 0.1) is 3.57 Å². The predicted molar refractivity (Wildman–Crippen MR) is 89.4 cm³/mol. The van der Waals surface area contributed by atoms with Crippen molar-refractivity contribution in [2.45, 2.75) is 0 Å². The third kappa shape index (κ3) is 3.51. The molecule has 0 fully saturated rings. The molecule has 0 heterocycles. The van der Waals surface area contributed by atoms with E-state index in [1.54, 1.807) is 30.3 Å². The van der Waals surface area contributed by atoms with Gasteiger partial charge in [0.25, 0.3) is 5.91 Å². The fourth-order valence-electron chi connectivity index (χ4n) is 1.56. The molecule has 3 N–H and O–H groups in total. The Labute approximate surface area is 130 Å². The lowest BCUT2D eigenvalue weighted by Crippen LogP contribution is -2.14. The number of anilines is 1. The number of hydrogen-bond donors (Lipinski definition) is 2. The topological polar surface area (TPSA) is 55.1 Å². The molecule has 96 valence electrons. The van der Waals surface area contributed by atoms with Crippen molar-refractivity contribution >= 4 is 51.4 Å². The Morgan fingerprint density at radius 3 is 2.32 bits per heavy atom. The van der Waals surface area contributed by atoms with Gasteiger partial charge in [-0.15, -0.1) is 0 Å². The van der Waals surface area contributed by atoms with Crippen LogP contribution in [0.4, 0.5) is 5.69 Å². The van der Waals surface area contributed by atoms with Gasteiger partial charge in [-0.3, -0.25) is 4.79 Å². The number of hydrogen-bond acceptors (Lipinski definition) is 2. The zero-order valence-electron chi connectivity index (χ0n) is 9.89. The van der Waals surface area contributed by atoms with E-state index in [0.717, 1.165) is 9.13 Å². The van der Waals surface area contributed by atoms with Gasteiger partial charge in [0.15, 0.2) is 0 Å². The molecule has 0 saturated carbocycles. The summed E-state index contributed by atoms with van der Waals surface area (Å²) < 4.78 is 0.914. The molecule has 0 aliphatic carbocycles. The van der Waals surface area contributed by atoms with Crippen LogP contribution in [0.1, 0.15) is 15.9 Å². The highest BCUT2D eigenvalue weighted by atomic mass is 127. The number of amides is 1. The lowest BCUT2D eigenvalue weighted by atomic mass is 10.2. The molecule has 2 rings (SSSR count). The molecular weight excluding hydrogens is 371 g/mol. The SMILES string of the molecule is NC(=S)c1ccc(NC(=O)c2ccccc2I)cc1. The van der Waals surface area contributed by atoms with Crippen LogP contribution >= 0.6 is 34.8 Å². The molecule has 1 amide bonds. The van der Waals surface area contributed by atoms with Crippen LogP contribution < -0.4 is 11.1 Å². The van der Waals surface area contributed by atoms with E-state index >= 15 is 0 Å². The summed E-state index contributed by atoms with van der Waals surface area (Å²) >= 11 is 7.01. The van der Waals surface area contributed by atoms with E-state index in [1.807, 2.05) is 18.2 Å². The average Bonchev–Trinajstić information content (AvgIpc) is 2.39. The second kappa shape index (κ2) is 6.12. The van der Waals surface area contributed by atoms with Gasteiger partial charge in [-0.2, -0.15) is 0 Å². The molecule has 5 heteroatoms. The van der Waals surface area contributed by atoms with Crippen molar-refractivity contribution in [1.29, 1.82) is 0 Å². The van der Waals surface area contributed by atoms with Gasteiger partial charge in [-0.05, 0) is 59.0 Å². The largest absolute Gasteiger partial charge is 0.389 e. The monoisotopic (exact) mass is 382 g/mol. The smallest absolute Gasteiger partial charge is 0.256 e. The van der Waals surface area contributed by atoms with E-state index in [4.69, 9.17) is 18.0 Å². The van der Waals surface area contributed by atoms with Gasteiger partial charge in [0.2, 0.25) is 0 Å². The summed E-state index contributed by atoms with van der Waals surface area (Å²) in [7, 11) is 0. The Balaban J connectivity index is 2.15. The standard InChI is InChI=1S/C14H11IN2OS/c15-12-4-2-1-3-11(12)14(18)17-10-7-5-9(6-8-10)13(16)19/h1-8H,(H2,16,19)(H,17,18). The predicted octanol–water partition coefficient (Wildman–Crippen LogP) is 3.18. The van der Waals surface area contributed by atoms with Crippen molar-refractivity contribution < 1.29 is 4.79 Å². The zero-order valence-corrected chi connectivity index (χ0v) is 12.9. The lowest BCUT2D eigenvalue weighted by Gasteiger charge is -2.07. The van der Waals surface area contributed by atoms with E-state index in [-0.39, 0.29) is 5.91 Å². The molecular formula is C14H11IN2OS. The van der Waals surface area contributed by atoms with Crippen LogP contribution in [0.3, 0.4) is 0 Å². The van der Waals surface area contributed by atoms with Crippen molar-refractivity contribution in [1.82, 2.24) is 0 Å². The summed E-state index contributed by atoms with van der Waals surface area (Å²) in [6.07, 6.45) is 0. The maximum Gasteiger partial charge on any atom is 0.256 e. The summed E-state index contributed by atoms with van der Waals surface area (Å²) in [4.78, 5) is 12.4. The Morgan fingerprint density at radius 1 is 1.11 bits per heavy atom. The first-order valence-corrected chi connectivity index (χ1v) is 7.02. The van der Waals surface area contributed by atoms with Gasteiger partial charge in [0.1, 0.15) is 4.99 Å². The minimum atomic E-state index is -0.131. The minimum Gasteiger partial charge on any atom is -0.389 e. The fraction of sp³-hybridized carbons (Fsp3) is 0. The quantitative estimate of drug-likeness (QED) is 0.634. The highest BCUT2D eigenvalue weighted by molar-refractivity contribution is 14.1. The number of rotatable bonds is 3. The second-order valence-corrected chi connectivity index (χ2v) is 5.48. The molecule has 0 spiro atoms. The van der Waals surface area contributed by atoms with Gasteiger partial charge in [0, 0.05) is 14.8 Å². The van der Waals surface area contributed by atoms with Crippen LogP contribution in [0.15, 0.2) is 48.5 Å². The highest BCUT2D eigenvalue weighted by Crippen LogP contribution is 2.15. The number of halogens is 1. The Kier molecular flexibility index (Phi) is 4.49. The first kappa shape index (κ1) is 14.0. The number of nitrogens with two attached hydrogens (primary N) is 1. The van der Waals surface area contributed by atoms with Gasteiger partial charge in [0.05, 0.1) is 5.56 Å². The molecule has 0 atom stereocenters. The molecule has 3 nitrogen and oxygen atoms in total. The van der Waals surface area contributed by atoms with Gasteiger partial charge in [-0.1, -0.05) is 24.4 Å². The summed E-state index contributed by atoms with van der Waals surface area (Å²) in [5.41, 5.74) is 7.67. The van der Waals surface area contributed by atoms with Crippen molar-refractivity contribution in [3.63, 3.8) is 0 Å². The average molecular weight is 382 g/mol. The number of nitrogens with one attached hydrogen (secondary N) is 1. The molecule has 0 aromatic heterocycles. The van der Waals surface area contributed by atoms with Crippen LogP contribution in [0.2, 0.25) is 0 Å². The Bertz CT molecular complexity index is 626. The van der Waals surface area contributed by atoms with Crippen molar-refractivity contribution in [3.8, 4) is 0 Å². The first-order valence-electron chi connectivity index (χ1n) is 5.53. The molecule has 0 saturated heterocycles. The van der Waals surface area contributed by atoms with Crippen molar-refractivity contribution in [3.05, 3.63) is 63.2 Å². The number of thiocarbonyl (C=S) groups is 1. The Morgan fingerprint density at radius 2 is 1.74 bits per heavy atom. The van der Waals surface area contributed by atoms with Gasteiger partial charge < -0.3 is 11.1 Å². The third-order valence-electron chi connectivity index (χ3n) is 2.55. The molecule has 0 bridgehead atoms. The molecule has 19 heavy (non-hydrogen) atoms. The molecule has 2 aromatic carbocycles. The summed E-state index contributed by atoms with van der Waals surface area (Å²) in [5.74, 6) is -0.131. The second-order valence-electron chi connectivity index (χ2n) is 3.88. The van der Waals surface area contributed by atoms with E-state index in [1.165, 1.54) is 0 Å². The van der Waals surface area contributed by atoms with Crippen LogP contribution in [0.5, 0.6) is 0 Å². The lowest BCUT2D eigenvalue weighted by molar-refractivity contribution is 0.102. The van der Waals surface area contributed by atoms with E-state index in [0.29, 0.717) is 16.2 Å². The van der Waals surface area contributed by atoms with Crippen LogP contribution in [-0.4, -0.2) is 10.9 Å². The van der Waals surface area contributed by atoms with Gasteiger partial charge in [-0.25, -0.2) is 0 Å². The number of carbonyl (C=O) groups is 1. The van der Waals surface area contributed by atoms with E-state index in [2.05, 4.69) is 27.9 Å². The van der Waals surface area contributed by atoms with E-state index in [9.17, 15) is 4.79 Å². The first-order chi connectivity index (χ1) is 9.08. The van der Waals surface area contributed by atoms with Crippen LogP contribution in [-0.2, 0) is 0 Å².